The van der Waals surface area contributed by atoms with Crippen molar-refractivity contribution < 1.29 is 19.1 Å². The van der Waals surface area contributed by atoms with E-state index < -0.39 is 0 Å². The van der Waals surface area contributed by atoms with Gasteiger partial charge in [-0.1, -0.05) is 18.2 Å². The second-order valence-electron chi connectivity index (χ2n) is 7.64. The van der Waals surface area contributed by atoms with Gasteiger partial charge in [-0.25, -0.2) is 0 Å². The highest BCUT2D eigenvalue weighted by Gasteiger charge is 2.43. The number of benzene rings is 1. The van der Waals surface area contributed by atoms with Crippen LogP contribution in [0, 0.1) is 0 Å². The van der Waals surface area contributed by atoms with Crippen LogP contribution in [0.4, 0.5) is 0 Å². The molecule has 2 aliphatic heterocycles. The first kappa shape index (κ1) is 20.1. The molecule has 7 heteroatoms. The lowest BCUT2D eigenvalue weighted by atomic mass is 10.0. The minimum atomic E-state index is -0.317. The van der Waals surface area contributed by atoms with Gasteiger partial charge >= 0.3 is 0 Å². The predicted octanol–water partition coefficient (Wildman–Crippen LogP) is 2.48. The van der Waals surface area contributed by atoms with Crippen LogP contribution in [-0.4, -0.2) is 59.0 Å². The van der Waals surface area contributed by atoms with Gasteiger partial charge in [-0.05, 0) is 37.6 Å². The van der Waals surface area contributed by atoms with Crippen LogP contribution >= 0.6 is 0 Å². The highest BCUT2D eigenvalue weighted by atomic mass is 16.5. The topological polar surface area (TPSA) is 72.0 Å². The molecular formula is C23H25N3O4. The summed E-state index contributed by atoms with van der Waals surface area (Å²) in [6.07, 6.45) is 3.22. The number of para-hydroxylation sites is 1. The standard InChI is InChI=1S/C23H25N3O4/c1-15-12-25(13-16(2)30-15)21-20(18-6-4-5-7-19(18)29-3)22(27)26(23(21)28)14-17-8-10-24-11-9-17/h4-11,15-16H,12-14H2,1-3H3. The molecule has 3 heterocycles. The van der Waals surface area contributed by atoms with E-state index in [-0.39, 0.29) is 30.6 Å². The van der Waals surface area contributed by atoms with E-state index in [4.69, 9.17) is 9.47 Å². The summed E-state index contributed by atoms with van der Waals surface area (Å²) >= 11 is 0. The van der Waals surface area contributed by atoms with Crippen molar-refractivity contribution in [2.24, 2.45) is 0 Å². The largest absolute Gasteiger partial charge is 0.496 e. The molecule has 2 atom stereocenters. The third-order valence-corrected chi connectivity index (χ3v) is 5.35. The van der Waals surface area contributed by atoms with Crippen LogP contribution in [0.3, 0.4) is 0 Å². The van der Waals surface area contributed by atoms with Gasteiger partial charge in [0.05, 0.1) is 31.4 Å². The number of ether oxygens (including phenoxy) is 2. The highest BCUT2D eigenvalue weighted by Crippen LogP contribution is 2.37. The Morgan fingerprint density at radius 3 is 2.37 bits per heavy atom. The molecule has 7 nitrogen and oxygen atoms in total. The zero-order valence-corrected chi connectivity index (χ0v) is 17.4. The molecular weight excluding hydrogens is 382 g/mol. The lowest BCUT2D eigenvalue weighted by Crippen LogP contribution is -2.46. The van der Waals surface area contributed by atoms with Crippen molar-refractivity contribution in [1.29, 1.82) is 0 Å². The average Bonchev–Trinajstić information content (AvgIpc) is 2.98. The van der Waals surface area contributed by atoms with E-state index in [2.05, 4.69) is 4.98 Å². The minimum absolute atomic E-state index is 0.0441. The number of hydrogen-bond donors (Lipinski definition) is 0. The second-order valence-corrected chi connectivity index (χ2v) is 7.64. The number of carbonyl (C=O) groups excluding carboxylic acids is 2. The van der Waals surface area contributed by atoms with Crippen LogP contribution in [-0.2, 0) is 20.9 Å². The molecule has 1 aromatic carbocycles. The summed E-state index contributed by atoms with van der Waals surface area (Å²) in [5.74, 6) is -0.0478. The Bertz CT molecular complexity index is 979. The van der Waals surface area contributed by atoms with Gasteiger partial charge in [0, 0.05) is 31.0 Å². The van der Waals surface area contributed by atoms with Crippen molar-refractivity contribution in [2.75, 3.05) is 20.2 Å². The number of imide groups is 1. The Hall–Kier alpha value is -3.19. The quantitative estimate of drug-likeness (QED) is 0.709. The number of methoxy groups -OCH3 is 1. The summed E-state index contributed by atoms with van der Waals surface area (Å²) in [5, 5.41) is 0. The molecule has 4 rings (SSSR count). The average molecular weight is 407 g/mol. The van der Waals surface area contributed by atoms with Crippen LogP contribution in [0.5, 0.6) is 5.75 Å². The van der Waals surface area contributed by atoms with E-state index in [1.54, 1.807) is 37.7 Å². The first-order valence-electron chi connectivity index (χ1n) is 10.0. The predicted molar refractivity (Wildman–Crippen MR) is 111 cm³/mol. The van der Waals surface area contributed by atoms with Crippen LogP contribution in [0.15, 0.2) is 54.5 Å². The molecule has 2 aromatic rings. The van der Waals surface area contributed by atoms with Crippen LogP contribution < -0.4 is 4.74 Å². The normalized spacial score (nSPS) is 22.1. The molecule has 1 aromatic heterocycles. The fourth-order valence-electron chi connectivity index (χ4n) is 4.13. The molecule has 2 amide bonds. The molecule has 0 bridgehead atoms. The Balaban J connectivity index is 1.80. The van der Waals surface area contributed by atoms with Crippen molar-refractivity contribution in [2.45, 2.75) is 32.6 Å². The van der Waals surface area contributed by atoms with Gasteiger partial charge in [0.2, 0.25) is 0 Å². The number of hydrogen-bond acceptors (Lipinski definition) is 6. The first-order chi connectivity index (χ1) is 14.5. The van der Waals surface area contributed by atoms with Crippen LogP contribution in [0.1, 0.15) is 25.0 Å². The zero-order chi connectivity index (χ0) is 21.3. The monoisotopic (exact) mass is 407 g/mol. The summed E-state index contributed by atoms with van der Waals surface area (Å²) in [6.45, 7) is 5.22. The molecule has 1 fully saturated rings. The van der Waals surface area contributed by atoms with Crippen molar-refractivity contribution in [3.63, 3.8) is 0 Å². The van der Waals surface area contributed by atoms with Crippen LogP contribution in [0.2, 0.25) is 0 Å². The fourth-order valence-corrected chi connectivity index (χ4v) is 4.13. The Kier molecular flexibility index (Phi) is 5.55. The smallest absolute Gasteiger partial charge is 0.278 e. The van der Waals surface area contributed by atoms with Gasteiger partial charge < -0.3 is 14.4 Å². The van der Waals surface area contributed by atoms with E-state index in [9.17, 15) is 9.59 Å². The van der Waals surface area contributed by atoms with Gasteiger partial charge in [-0.15, -0.1) is 0 Å². The van der Waals surface area contributed by atoms with Gasteiger partial charge in [-0.3, -0.25) is 19.5 Å². The summed E-state index contributed by atoms with van der Waals surface area (Å²) < 4.78 is 11.3. The van der Waals surface area contributed by atoms with Gasteiger partial charge in [-0.2, -0.15) is 0 Å². The molecule has 30 heavy (non-hydrogen) atoms. The molecule has 156 valence electrons. The molecule has 0 radical (unpaired) electrons. The molecule has 0 aliphatic carbocycles. The van der Waals surface area contributed by atoms with E-state index in [0.29, 0.717) is 35.7 Å². The summed E-state index contributed by atoms with van der Waals surface area (Å²) in [6, 6.07) is 10.9. The third kappa shape index (κ3) is 3.68. The Labute approximate surface area is 175 Å². The summed E-state index contributed by atoms with van der Waals surface area (Å²) in [7, 11) is 1.56. The van der Waals surface area contributed by atoms with Gasteiger partial charge in [0.15, 0.2) is 0 Å². The minimum Gasteiger partial charge on any atom is -0.496 e. The van der Waals surface area contributed by atoms with Crippen molar-refractivity contribution in [1.82, 2.24) is 14.8 Å². The Morgan fingerprint density at radius 2 is 1.70 bits per heavy atom. The van der Waals surface area contributed by atoms with Crippen molar-refractivity contribution in [3.8, 4) is 5.75 Å². The molecule has 0 spiro atoms. The zero-order valence-electron chi connectivity index (χ0n) is 17.4. The lowest BCUT2D eigenvalue weighted by molar-refractivity contribution is -0.139. The number of morpholine rings is 1. The van der Waals surface area contributed by atoms with Gasteiger partial charge in [0.1, 0.15) is 11.4 Å². The van der Waals surface area contributed by atoms with Crippen molar-refractivity contribution >= 4 is 17.4 Å². The van der Waals surface area contributed by atoms with E-state index in [0.717, 1.165) is 5.56 Å². The van der Waals surface area contributed by atoms with E-state index >= 15 is 0 Å². The highest BCUT2D eigenvalue weighted by molar-refractivity contribution is 6.35. The molecule has 2 unspecified atom stereocenters. The number of aromatic nitrogens is 1. The number of pyridine rings is 1. The molecule has 1 saturated heterocycles. The molecule has 0 saturated carbocycles. The molecule has 0 N–H and O–H groups in total. The number of amides is 2. The maximum atomic E-state index is 13.5. The SMILES string of the molecule is COc1ccccc1C1=C(N2CC(C)OC(C)C2)C(=O)N(Cc2ccncc2)C1=O. The first-order valence-corrected chi connectivity index (χ1v) is 10.0. The second kappa shape index (κ2) is 8.28. The van der Waals surface area contributed by atoms with Gasteiger partial charge in [0.25, 0.3) is 11.8 Å². The van der Waals surface area contributed by atoms with E-state index in [1.807, 2.05) is 36.9 Å². The Morgan fingerprint density at radius 1 is 1.03 bits per heavy atom. The number of rotatable bonds is 5. The maximum Gasteiger partial charge on any atom is 0.278 e. The summed E-state index contributed by atoms with van der Waals surface area (Å²) in [5.41, 5.74) is 2.27. The number of nitrogens with zero attached hydrogens (tertiary/aromatic N) is 3. The van der Waals surface area contributed by atoms with Crippen LogP contribution in [0.25, 0.3) is 5.57 Å². The fraction of sp³-hybridized carbons (Fsp3) is 0.348. The van der Waals surface area contributed by atoms with E-state index in [1.165, 1.54) is 4.90 Å². The summed E-state index contributed by atoms with van der Waals surface area (Å²) in [4.78, 5) is 34.3. The third-order valence-electron chi connectivity index (χ3n) is 5.35. The van der Waals surface area contributed by atoms with Crippen molar-refractivity contribution in [3.05, 3.63) is 65.6 Å². The molecule has 2 aliphatic rings. The number of carbonyl (C=O) groups is 2. The maximum absolute atomic E-state index is 13.5. The lowest BCUT2D eigenvalue weighted by Gasteiger charge is -2.37.